The second-order valence-corrected chi connectivity index (χ2v) is 14.5. The number of amides is 3. The third-order valence-corrected chi connectivity index (χ3v) is 10.1. The molecule has 1 aromatic heterocycles. The van der Waals surface area contributed by atoms with E-state index in [9.17, 15) is 18.8 Å². The molecule has 1 aliphatic rings. The minimum absolute atomic E-state index is 0.0202. The van der Waals surface area contributed by atoms with E-state index >= 15 is 0 Å². The molecule has 1 saturated carbocycles. The van der Waals surface area contributed by atoms with Gasteiger partial charge in [-0.25, -0.2) is 9.18 Å². The van der Waals surface area contributed by atoms with Crippen LogP contribution in [0.1, 0.15) is 60.8 Å². The fourth-order valence-electron chi connectivity index (χ4n) is 7.13. The summed E-state index contributed by atoms with van der Waals surface area (Å²) in [4.78, 5) is 45.0. The Hall–Kier alpha value is -6.21. The predicted octanol–water partition coefficient (Wildman–Crippen LogP) is 5.88. The molecule has 0 bridgehead atoms. The maximum Gasteiger partial charge on any atom is 0.408 e. The Bertz CT molecular complexity index is 2120. The minimum atomic E-state index is -1.04. The van der Waals surface area contributed by atoms with Gasteiger partial charge in [-0.05, 0) is 78.3 Å². The average Bonchev–Trinajstić information content (AvgIpc) is 3.86. The molecule has 0 spiro atoms. The minimum Gasteiger partial charge on any atom is -0.445 e. The molecule has 1 fully saturated rings. The number of hydrogen-bond acceptors (Lipinski definition) is 6. The summed E-state index contributed by atoms with van der Waals surface area (Å²) in [6, 6.07) is 29.3. The zero-order chi connectivity index (χ0) is 40.0. The average molecular weight is 775 g/mol. The first-order valence-corrected chi connectivity index (χ1v) is 19.5. The highest BCUT2D eigenvalue weighted by molar-refractivity contribution is 6.00. The van der Waals surface area contributed by atoms with Crippen molar-refractivity contribution in [3.8, 4) is 0 Å². The number of aromatic nitrogens is 1. The van der Waals surface area contributed by atoms with Gasteiger partial charge in [-0.1, -0.05) is 85.6 Å². The van der Waals surface area contributed by atoms with E-state index in [4.69, 9.17) is 16.2 Å². The molecule has 0 aliphatic heterocycles. The molecule has 0 unspecified atom stereocenters. The number of guanidine groups is 1. The number of halogens is 1. The molecule has 5 aromatic rings. The number of carbonyl (C=O) groups excluding carboxylic acids is 3. The summed E-state index contributed by atoms with van der Waals surface area (Å²) in [5.74, 6) is -1.34. The van der Waals surface area contributed by atoms with E-state index in [-0.39, 0.29) is 37.8 Å². The van der Waals surface area contributed by atoms with Crippen LogP contribution >= 0.6 is 0 Å². The van der Waals surface area contributed by atoms with Crippen molar-refractivity contribution in [1.29, 1.82) is 0 Å². The number of anilines is 1. The van der Waals surface area contributed by atoms with Crippen LogP contribution in [0.4, 0.5) is 14.9 Å². The summed E-state index contributed by atoms with van der Waals surface area (Å²) in [5, 5.41) is 13.3. The fourth-order valence-corrected chi connectivity index (χ4v) is 7.13. The van der Waals surface area contributed by atoms with E-state index in [1.807, 2.05) is 78.9 Å². The van der Waals surface area contributed by atoms with E-state index in [1.54, 1.807) is 12.1 Å². The maximum absolute atomic E-state index is 14.2. The highest BCUT2D eigenvalue weighted by Gasteiger charge is 2.28. The van der Waals surface area contributed by atoms with Crippen LogP contribution < -0.4 is 32.7 Å². The Labute approximate surface area is 332 Å². The van der Waals surface area contributed by atoms with Gasteiger partial charge >= 0.3 is 6.09 Å². The molecule has 1 heterocycles. The molecule has 8 N–H and O–H groups in total. The summed E-state index contributed by atoms with van der Waals surface area (Å²) in [6.07, 6.45) is 6.83. The number of benzene rings is 4. The van der Waals surface area contributed by atoms with Crippen molar-refractivity contribution in [3.05, 3.63) is 137 Å². The van der Waals surface area contributed by atoms with Gasteiger partial charge in [-0.15, -0.1) is 0 Å². The van der Waals surface area contributed by atoms with Gasteiger partial charge in [0.15, 0.2) is 5.96 Å². The van der Waals surface area contributed by atoms with Crippen LogP contribution in [0, 0.1) is 5.82 Å². The normalized spacial score (nSPS) is 13.8. The van der Waals surface area contributed by atoms with Gasteiger partial charge in [0.25, 0.3) is 0 Å². The van der Waals surface area contributed by atoms with Crippen LogP contribution in [0.5, 0.6) is 0 Å². The number of aliphatic imine (C=N–C) groups is 1. The lowest BCUT2D eigenvalue weighted by molar-refractivity contribution is -0.128. The first kappa shape index (κ1) is 40.5. The number of nitrogens with two attached hydrogens (primary N) is 2. The lowest BCUT2D eigenvalue weighted by atomic mass is 10.0. The molecule has 0 saturated heterocycles. The largest absolute Gasteiger partial charge is 0.445 e. The second-order valence-electron chi connectivity index (χ2n) is 14.5. The summed E-state index contributed by atoms with van der Waals surface area (Å²) in [6.45, 7) is 1.48. The maximum atomic E-state index is 14.2. The zero-order valence-corrected chi connectivity index (χ0v) is 32.0. The Balaban J connectivity index is 1.21. The predicted molar refractivity (Wildman–Crippen MR) is 221 cm³/mol. The topological polar surface area (TPSA) is 178 Å². The van der Waals surface area contributed by atoms with Gasteiger partial charge in [0, 0.05) is 54.9 Å². The van der Waals surface area contributed by atoms with E-state index < -0.39 is 30.0 Å². The van der Waals surface area contributed by atoms with Crippen LogP contribution in [-0.4, -0.2) is 53.1 Å². The third-order valence-electron chi connectivity index (χ3n) is 10.1. The molecule has 298 valence electrons. The molecule has 3 amide bonds. The molecule has 12 nitrogen and oxygen atoms in total. The van der Waals surface area contributed by atoms with Crippen LogP contribution in [0.2, 0.25) is 0 Å². The van der Waals surface area contributed by atoms with Crippen molar-refractivity contribution in [1.82, 2.24) is 20.5 Å². The van der Waals surface area contributed by atoms with Crippen molar-refractivity contribution in [2.75, 3.05) is 11.9 Å². The molecule has 13 heteroatoms. The Kier molecular flexibility index (Phi) is 14.3. The number of fused-ring (bicyclic) bond motifs is 1. The van der Waals surface area contributed by atoms with Crippen molar-refractivity contribution < 1.29 is 23.5 Å². The van der Waals surface area contributed by atoms with Gasteiger partial charge in [-0.2, -0.15) is 0 Å². The highest BCUT2D eigenvalue weighted by atomic mass is 19.1. The molecular formula is C44H51FN8O4. The number of carbonyl (C=O) groups is 3. The van der Waals surface area contributed by atoms with E-state index in [0.29, 0.717) is 31.2 Å². The molecule has 57 heavy (non-hydrogen) atoms. The summed E-state index contributed by atoms with van der Waals surface area (Å²) < 4.78 is 21.2. The number of alkyl carbamates (subject to hydrolysis) is 1. The number of hydrogen-bond donors (Lipinski definition) is 6. The van der Waals surface area contributed by atoms with Crippen LogP contribution in [0.15, 0.2) is 114 Å². The third kappa shape index (κ3) is 12.1. The quantitative estimate of drug-likeness (QED) is 0.0366. The SMILES string of the molecule is NC(N)=NCCC[C@@H](NC(=O)OCc1ccccc1)C(=O)N[C@H](Cc1ccccc1)C(=O)Nc1ccc2c(c1)c(CNC1CCCC1)cn2Cc1ccc(F)cc1. The monoisotopic (exact) mass is 774 g/mol. The van der Waals surface area contributed by atoms with Crippen molar-refractivity contribution in [3.63, 3.8) is 0 Å². The molecular weight excluding hydrogens is 724 g/mol. The van der Waals surface area contributed by atoms with Gasteiger partial charge in [0.2, 0.25) is 11.8 Å². The summed E-state index contributed by atoms with van der Waals surface area (Å²) >= 11 is 0. The number of nitrogens with one attached hydrogen (secondary N) is 4. The molecule has 6 rings (SSSR count). The van der Waals surface area contributed by atoms with Crippen LogP contribution in [-0.2, 0) is 40.4 Å². The van der Waals surface area contributed by atoms with Crippen LogP contribution in [0.25, 0.3) is 10.9 Å². The lowest BCUT2D eigenvalue weighted by Gasteiger charge is -2.23. The first-order chi connectivity index (χ1) is 27.7. The molecule has 2 atom stereocenters. The Morgan fingerprint density at radius 3 is 2.23 bits per heavy atom. The van der Waals surface area contributed by atoms with E-state index in [2.05, 4.69) is 37.0 Å². The van der Waals surface area contributed by atoms with Gasteiger partial charge in [-0.3, -0.25) is 14.6 Å². The number of rotatable bonds is 18. The molecule has 4 aromatic carbocycles. The molecule has 0 radical (unpaired) electrons. The van der Waals surface area contributed by atoms with Crippen molar-refractivity contribution in [2.45, 2.75) is 82.8 Å². The van der Waals surface area contributed by atoms with Gasteiger partial charge in [0.1, 0.15) is 24.5 Å². The number of ether oxygens (including phenoxy) is 1. The standard InChI is InChI=1S/C44H51FN8O4/c45-34-19-17-31(18-20-34)27-53-28-33(26-49-35-14-7-8-15-35)37-25-36(21-22-40(37)53)50-42(55)39(24-30-10-3-1-4-11-30)51-41(54)38(16-9-23-48-43(46)47)52-44(56)57-29-32-12-5-2-6-13-32/h1-6,10-13,17-22,25,28,35,38-39,49H,7-9,14-16,23-24,26-27,29H2,(H,50,55)(H,51,54)(H,52,56)(H4,46,47,48)/t38-,39-/m1/s1. The first-order valence-electron chi connectivity index (χ1n) is 19.5. The van der Waals surface area contributed by atoms with E-state index in [0.717, 1.165) is 46.0 Å². The van der Waals surface area contributed by atoms with Crippen LogP contribution in [0.3, 0.4) is 0 Å². The van der Waals surface area contributed by atoms with Crippen molar-refractivity contribution in [2.24, 2.45) is 16.5 Å². The van der Waals surface area contributed by atoms with Crippen molar-refractivity contribution >= 4 is 40.5 Å². The molecule has 1 aliphatic carbocycles. The van der Waals surface area contributed by atoms with Gasteiger partial charge < -0.3 is 42.0 Å². The summed E-state index contributed by atoms with van der Waals surface area (Å²) in [5.41, 5.74) is 16.2. The smallest absolute Gasteiger partial charge is 0.408 e. The fraction of sp³-hybridized carbons (Fsp3) is 0.318. The van der Waals surface area contributed by atoms with Gasteiger partial charge in [0.05, 0.1) is 0 Å². The highest BCUT2D eigenvalue weighted by Crippen LogP contribution is 2.28. The lowest BCUT2D eigenvalue weighted by Crippen LogP contribution is -2.53. The second kappa shape index (κ2) is 20.1. The summed E-state index contributed by atoms with van der Waals surface area (Å²) in [7, 11) is 0. The van der Waals surface area contributed by atoms with E-state index in [1.165, 1.54) is 25.0 Å². The number of nitrogens with zero attached hydrogens (tertiary/aromatic N) is 2. The Morgan fingerprint density at radius 2 is 1.53 bits per heavy atom. The zero-order valence-electron chi connectivity index (χ0n) is 32.0. The Morgan fingerprint density at radius 1 is 0.825 bits per heavy atom.